The fourth-order valence-electron chi connectivity index (χ4n) is 2.89. The first-order valence-electron chi connectivity index (χ1n) is 7.82. The van der Waals surface area contributed by atoms with E-state index in [1.54, 1.807) is 0 Å². The van der Waals surface area contributed by atoms with Gasteiger partial charge in [-0.3, -0.25) is 0 Å². The molecule has 1 aromatic rings. The predicted octanol–water partition coefficient (Wildman–Crippen LogP) is 2.60. The molecule has 0 aromatic heterocycles. The smallest absolute Gasteiger partial charge is 0.314 e. The molecule has 0 aliphatic heterocycles. The second-order valence-corrected chi connectivity index (χ2v) is 6.35. The van der Waals surface area contributed by atoms with Gasteiger partial charge in [-0.2, -0.15) is 0 Å². The average Bonchev–Trinajstić information content (AvgIpc) is 2.93. The normalized spacial score (nSPS) is 16.7. The van der Waals surface area contributed by atoms with E-state index >= 15 is 0 Å². The Kier molecular flexibility index (Phi) is 5.62. The fraction of sp³-hybridized carbons (Fsp3) is 0.588. The highest BCUT2D eigenvalue weighted by Crippen LogP contribution is 2.36. The minimum atomic E-state index is -0.0740. The zero-order chi connectivity index (χ0) is 15.1. The highest BCUT2D eigenvalue weighted by molar-refractivity contribution is 5.73. The molecule has 4 nitrogen and oxygen atoms in total. The molecule has 0 radical (unpaired) electrons. The summed E-state index contributed by atoms with van der Waals surface area (Å²) in [7, 11) is 0. The van der Waals surface area contributed by atoms with Crippen LogP contribution in [0, 0.1) is 5.41 Å². The molecule has 21 heavy (non-hydrogen) atoms. The van der Waals surface area contributed by atoms with Crippen LogP contribution >= 0.6 is 0 Å². The lowest BCUT2D eigenvalue weighted by molar-refractivity contribution is 0.232. The zero-order valence-corrected chi connectivity index (χ0v) is 12.8. The van der Waals surface area contributed by atoms with Gasteiger partial charge >= 0.3 is 6.03 Å². The maximum atomic E-state index is 11.8. The summed E-state index contributed by atoms with van der Waals surface area (Å²) in [6.07, 6.45) is 5.79. The summed E-state index contributed by atoms with van der Waals surface area (Å²) in [6, 6.07) is 7.73. The number of nitrogens with one attached hydrogen (secondary N) is 2. The van der Waals surface area contributed by atoms with Gasteiger partial charge in [0, 0.05) is 13.1 Å². The highest BCUT2D eigenvalue weighted by Gasteiger charge is 2.28. The molecule has 0 unspecified atom stereocenters. The maximum absolute atomic E-state index is 11.8. The SMILES string of the molecule is CC1(CNC(=O)NCCc2ccc(CO)cc2)CCCC1. The molecule has 1 aliphatic carbocycles. The van der Waals surface area contributed by atoms with Crippen LogP contribution in [-0.4, -0.2) is 24.2 Å². The zero-order valence-electron chi connectivity index (χ0n) is 12.8. The van der Waals surface area contributed by atoms with Crippen LogP contribution < -0.4 is 10.6 Å². The number of carbonyl (C=O) groups is 1. The van der Waals surface area contributed by atoms with Crippen molar-refractivity contribution in [1.29, 1.82) is 0 Å². The van der Waals surface area contributed by atoms with Crippen LogP contribution in [0.2, 0.25) is 0 Å². The van der Waals surface area contributed by atoms with Gasteiger partial charge in [-0.05, 0) is 35.8 Å². The van der Waals surface area contributed by atoms with Gasteiger partial charge in [-0.1, -0.05) is 44.0 Å². The number of amides is 2. The summed E-state index contributed by atoms with van der Waals surface area (Å²) in [5.74, 6) is 0. The minimum Gasteiger partial charge on any atom is -0.392 e. The lowest BCUT2D eigenvalue weighted by Crippen LogP contribution is -2.41. The summed E-state index contributed by atoms with van der Waals surface area (Å²) in [5.41, 5.74) is 2.36. The van der Waals surface area contributed by atoms with Crippen LogP contribution in [0.15, 0.2) is 24.3 Å². The van der Waals surface area contributed by atoms with Gasteiger partial charge < -0.3 is 15.7 Å². The van der Waals surface area contributed by atoms with Crippen LogP contribution in [0.3, 0.4) is 0 Å². The van der Waals surface area contributed by atoms with Gasteiger partial charge in [0.25, 0.3) is 0 Å². The molecular weight excluding hydrogens is 264 g/mol. The Morgan fingerprint density at radius 2 is 1.76 bits per heavy atom. The number of benzene rings is 1. The lowest BCUT2D eigenvalue weighted by atomic mass is 9.89. The molecule has 0 spiro atoms. The first-order chi connectivity index (χ1) is 10.1. The average molecular weight is 290 g/mol. The van der Waals surface area contributed by atoms with E-state index in [-0.39, 0.29) is 18.1 Å². The predicted molar refractivity (Wildman–Crippen MR) is 84.0 cm³/mol. The van der Waals surface area contributed by atoms with Crippen molar-refractivity contribution in [2.45, 2.75) is 45.6 Å². The van der Waals surface area contributed by atoms with Crippen molar-refractivity contribution in [1.82, 2.24) is 10.6 Å². The Balaban J connectivity index is 1.64. The molecule has 2 rings (SSSR count). The van der Waals surface area contributed by atoms with Crippen molar-refractivity contribution in [3.63, 3.8) is 0 Å². The molecule has 4 heteroatoms. The summed E-state index contributed by atoms with van der Waals surface area (Å²) in [4.78, 5) is 11.8. The van der Waals surface area contributed by atoms with Crippen LogP contribution in [0.4, 0.5) is 4.79 Å². The van der Waals surface area contributed by atoms with Gasteiger partial charge in [0.15, 0.2) is 0 Å². The third kappa shape index (κ3) is 5.05. The van der Waals surface area contributed by atoms with Crippen LogP contribution in [0.25, 0.3) is 0 Å². The van der Waals surface area contributed by atoms with E-state index in [0.29, 0.717) is 6.54 Å². The molecule has 3 N–H and O–H groups in total. The number of hydrogen-bond acceptors (Lipinski definition) is 2. The Labute approximate surface area is 126 Å². The molecule has 2 amide bonds. The summed E-state index contributed by atoms with van der Waals surface area (Å²) >= 11 is 0. The number of hydrogen-bond donors (Lipinski definition) is 3. The Morgan fingerprint density at radius 3 is 2.38 bits per heavy atom. The third-order valence-corrected chi connectivity index (χ3v) is 4.39. The quantitative estimate of drug-likeness (QED) is 0.754. The van der Waals surface area contributed by atoms with Crippen molar-refractivity contribution < 1.29 is 9.90 Å². The molecule has 116 valence electrons. The number of urea groups is 1. The van der Waals surface area contributed by atoms with E-state index in [0.717, 1.165) is 24.1 Å². The van der Waals surface area contributed by atoms with Gasteiger partial charge in [-0.25, -0.2) is 4.79 Å². The van der Waals surface area contributed by atoms with Crippen molar-refractivity contribution in [3.05, 3.63) is 35.4 Å². The first kappa shape index (κ1) is 15.8. The van der Waals surface area contributed by atoms with Gasteiger partial charge in [-0.15, -0.1) is 0 Å². The number of rotatable bonds is 6. The van der Waals surface area contributed by atoms with Gasteiger partial charge in [0.05, 0.1) is 6.61 Å². The molecule has 1 fully saturated rings. The van der Waals surface area contributed by atoms with E-state index in [1.165, 1.54) is 25.7 Å². The molecule has 0 bridgehead atoms. The van der Waals surface area contributed by atoms with Crippen molar-refractivity contribution in [2.75, 3.05) is 13.1 Å². The molecule has 1 aliphatic rings. The Hall–Kier alpha value is -1.55. The largest absolute Gasteiger partial charge is 0.392 e. The Morgan fingerprint density at radius 1 is 1.14 bits per heavy atom. The second-order valence-electron chi connectivity index (χ2n) is 6.35. The molecular formula is C17H26N2O2. The molecule has 1 saturated carbocycles. The third-order valence-electron chi connectivity index (χ3n) is 4.39. The van der Waals surface area contributed by atoms with E-state index < -0.39 is 0 Å². The summed E-state index contributed by atoms with van der Waals surface area (Å²) < 4.78 is 0. The van der Waals surface area contributed by atoms with E-state index in [4.69, 9.17) is 5.11 Å². The van der Waals surface area contributed by atoms with Crippen LogP contribution in [0.5, 0.6) is 0 Å². The van der Waals surface area contributed by atoms with E-state index in [9.17, 15) is 4.79 Å². The summed E-state index contributed by atoms with van der Waals surface area (Å²) in [5, 5.41) is 14.9. The van der Waals surface area contributed by atoms with Gasteiger partial charge in [0.1, 0.15) is 0 Å². The summed E-state index contributed by atoms with van der Waals surface area (Å²) in [6.45, 7) is 3.72. The molecule has 0 heterocycles. The highest BCUT2D eigenvalue weighted by atomic mass is 16.3. The van der Waals surface area contributed by atoms with E-state index in [1.807, 2.05) is 24.3 Å². The second kappa shape index (κ2) is 7.46. The monoisotopic (exact) mass is 290 g/mol. The standard InChI is InChI=1S/C17H26N2O2/c1-17(9-2-3-10-17)13-19-16(21)18-11-8-14-4-6-15(12-20)7-5-14/h4-7,20H,2-3,8-13H2,1H3,(H2,18,19,21). The minimum absolute atomic E-state index is 0.0692. The first-order valence-corrected chi connectivity index (χ1v) is 7.82. The van der Waals surface area contributed by atoms with E-state index in [2.05, 4.69) is 17.6 Å². The fourth-order valence-corrected chi connectivity index (χ4v) is 2.89. The molecule has 0 saturated heterocycles. The number of carbonyl (C=O) groups excluding carboxylic acids is 1. The van der Waals surface area contributed by atoms with Crippen molar-refractivity contribution in [3.8, 4) is 0 Å². The topological polar surface area (TPSA) is 61.4 Å². The van der Waals surface area contributed by atoms with Crippen LogP contribution in [-0.2, 0) is 13.0 Å². The van der Waals surface area contributed by atoms with Crippen molar-refractivity contribution in [2.24, 2.45) is 5.41 Å². The van der Waals surface area contributed by atoms with Crippen LogP contribution in [0.1, 0.15) is 43.7 Å². The number of aliphatic hydroxyl groups is 1. The number of aliphatic hydroxyl groups excluding tert-OH is 1. The lowest BCUT2D eigenvalue weighted by Gasteiger charge is -2.23. The van der Waals surface area contributed by atoms with Gasteiger partial charge in [0.2, 0.25) is 0 Å². The van der Waals surface area contributed by atoms with Crippen molar-refractivity contribution >= 4 is 6.03 Å². The molecule has 0 atom stereocenters. The molecule has 1 aromatic carbocycles. The maximum Gasteiger partial charge on any atom is 0.314 e. The Bertz CT molecular complexity index is 450.